The molecule has 0 saturated carbocycles. The van der Waals surface area contributed by atoms with Crippen LogP contribution in [-0.2, 0) is 14.8 Å². The Hall–Kier alpha value is -2.49. The zero-order valence-electron chi connectivity index (χ0n) is 17.2. The molecule has 0 radical (unpaired) electrons. The summed E-state index contributed by atoms with van der Waals surface area (Å²) in [5.74, 6) is -1.02. The first-order valence-electron chi connectivity index (χ1n) is 10.1. The Bertz CT molecular complexity index is 1070. The molecule has 2 aromatic rings. The fourth-order valence-corrected chi connectivity index (χ4v) is 5.29. The van der Waals surface area contributed by atoms with Crippen molar-refractivity contribution < 1.29 is 18.0 Å². The molecule has 8 nitrogen and oxygen atoms in total. The van der Waals surface area contributed by atoms with Crippen LogP contribution in [0.1, 0.15) is 41.7 Å². The molecule has 0 unspecified atom stereocenters. The minimum absolute atomic E-state index is 0.0986. The number of nitrogens with zero attached hydrogens (tertiary/aromatic N) is 2. The summed E-state index contributed by atoms with van der Waals surface area (Å²) in [5, 5.41) is 5.46. The minimum Gasteiger partial charge on any atom is -0.342 e. The topological polar surface area (TPSA) is 108 Å². The van der Waals surface area contributed by atoms with Gasteiger partial charge in [-0.15, -0.1) is 0 Å². The van der Waals surface area contributed by atoms with Crippen molar-refractivity contribution in [3.05, 3.63) is 52.8 Å². The van der Waals surface area contributed by atoms with Crippen molar-refractivity contribution in [1.29, 1.82) is 0 Å². The van der Waals surface area contributed by atoms with Crippen molar-refractivity contribution in [2.24, 2.45) is 0 Å². The number of aromatic nitrogens is 1. The average molecular weight is 465 g/mol. The van der Waals surface area contributed by atoms with E-state index in [9.17, 15) is 18.0 Å². The minimum atomic E-state index is -3.65. The molecule has 0 aliphatic carbocycles. The molecule has 2 heterocycles. The normalized spacial score (nSPS) is 15.2. The van der Waals surface area contributed by atoms with Gasteiger partial charge < -0.3 is 10.6 Å². The third kappa shape index (κ3) is 6.03. The third-order valence-corrected chi connectivity index (χ3v) is 7.29. The second-order valence-corrected chi connectivity index (χ2v) is 9.73. The maximum Gasteiger partial charge on any atom is 0.270 e. The molecule has 1 fully saturated rings. The Morgan fingerprint density at radius 1 is 1.10 bits per heavy atom. The Morgan fingerprint density at radius 3 is 2.48 bits per heavy atom. The summed E-state index contributed by atoms with van der Waals surface area (Å²) in [6.45, 7) is 2.44. The number of halogens is 1. The van der Waals surface area contributed by atoms with Gasteiger partial charge in [-0.1, -0.05) is 30.5 Å². The number of hydrogen-bond acceptors (Lipinski definition) is 5. The second kappa shape index (κ2) is 10.2. The highest BCUT2D eigenvalue weighted by Crippen LogP contribution is 2.25. The lowest BCUT2D eigenvalue weighted by Gasteiger charge is -2.21. The summed E-state index contributed by atoms with van der Waals surface area (Å²) >= 11 is 5.84. The monoisotopic (exact) mass is 464 g/mol. The van der Waals surface area contributed by atoms with Crippen LogP contribution in [0.15, 0.2) is 41.4 Å². The molecule has 1 aliphatic rings. The van der Waals surface area contributed by atoms with Gasteiger partial charge in [0, 0.05) is 30.0 Å². The zero-order chi connectivity index (χ0) is 22.4. The fraction of sp³-hybridized carbons (Fsp3) is 0.381. The first-order chi connectivity index (χ1) is 14.8. The second-order valence-electron chi connectivity index (χ2n) is 7.39. The molecule has 1 aromatic carbocycles. The van der Waals surface area contributed by atoms with Crippen LogP contribution in [0.2, 0.25) is 5.02 Å². The van der Waals surface area contributed by atoms with E-state index in [4.69, 9.17) is 11.6 Å². The molecule has 0 spiro atoms. The van der Waals surface area contributed by atoms with Gasteiger partial charge in [0.1, 0.15) is 5.69 Å². The van der Waals surface area contributed by atoms with Crippen LogP contribution in [0.5, 0.6) is 0 Å². The lowest BCUT2D eigenvalue weighted by Crippen LogP contribution is -2.34. The highest BCUT2D eigenvalue weighted by atomic mass is 35.5. The van der Waals surface area contributed by atoms with Crippen molar-refractivity contribution in [3.63, 3.8) is 0 Å². The Morgan fingerprint density at radius 2 is 1.81 bits per heavy atom. The van der Waals surface area contributed by atoms with E-state index >= 15 is 0 Å². The van der Waals surface area contributed by atoms with E-state index in [1.165, 1.54) is 22.6 Å². The number of amides is 2. The molecule has 0 atom stereocenters. The number of benzene rings is 1. The van der Waals surface area contributed by atoms with Gasteiger partial charge in [-0.3, -0.25) is 14.6 Å². The molecule has 31 heavy (non-hydrogen) atoms. The number of carbonyl (C=O) groups excluding carboxylic acids is 2. The molecule has 3 rings (SSSR count). The number of hydrogen-bond donors (Lipinski definition) is 2. The van der Waals surface area contributed by atoms with Gasteiger partial charge in [-0.2, -0.15) is 4.31 Å². The molecule has 1 aromatic heterocycles. The van der Waals surface area contributed by atoms with Crippen LogP contribution in [0, 0.1) is 6.92 Å². The highest BCUT2D eigenvalue weighted by Gasteiger charge is 2.27. The number of aryl methyl sites for hydroxylation is 1. The highest BCUT2D eigenvalue weighted by molar-refractivity contribution is 7.89. The van der Waals surface area contributed by atoms with Gasteiger partial charge in [0.2, 0.25) is 15.9 Å². The number of nitrogens with one attached hydrogen (secondary N) is 2. The molecular weight excluding hydrogens is 440 g/mol. The van der Waals surface area contributed by atoms with E-state index in [1.807, 2.05) is 0 Å². The number of sulfonamides is 1. The Kier molecular flexibility index (Phi) is 7.64. The molecule has 1 saturated heterocycles. The van der Waals surface area contributed by atoms with Crippen LogP contribution in [0.3, 0.4) is 0 Å². The number of rotatable bonds is 6. The predicted molar refractivity (Wildman–Crippen MR) is 119 cm³/mol. The van der Waals surface area contributed by atoms with E-state index in [-0.39, 0.29) is 17.1 Å². The smallest absolute Gasteiger partial charge is 0.270 e. The predicted octanol–water partition coefficient (Wildman–Crippen LogP) is 2.98. The lowest BCUT2D eigenvalue weighted by atomic mass is 10.2. The summed E-state index contributed by atoms with van der Waals surface area (Å²) in [5.41, 5.74) is 1.06. The van der Waals surface area contributed by atoms with Crippen LogP contribution < -0.4 is 10.6 Å². The van der Waals surface area contributed by atoms with Gasteiger partial charge in [0.05, 0.1) is 11.4 Å². The molecular formula is C21H25ClN4O4S. The van der Waals surface area contributed by atoms with Gasteiger partial charge in [-0.05, 0) is 49.6 Å². The van der Waals surface area contributed by atoms with Gasteiger partial charge in [0.15, 0.2) is 0 Å². The van der Waals surface area contributed by atoms with Gasteiger partial charge in [0.25, 0.3) is 5.91 Å². The van der Waals surface area contributed by atoms with E-state index in [1.54, 1.807) is 25.1 Å². The van der Waals surface area contributed by atoms with Crippen LogP contribution in [-0.4, -0.2) is 49.2 Å². The van der Waals surface area contributed by atoms with E-state index in [0.717, 1.165) is 25.7 Å². The largest absolute Gasteiger partial charge is 0.342 e. The third-order valence-electron chi connectivity index (χ3n) is 5.02. The van der Waals surface area contributed by atoms with Crippen LogP contribution in [0.25, 0.3) is 0 Å². The Labute approximate surface area is 187 Å². The summed E-state index contributed by atoms with van der Waals surface area (Å²) in [7, 11) is -3.65. The van der Waals surface area contributed by atoms with Crippen LogP contribution >= 0.6 is 11.6 Å². The average Bonchev–Trinajstić information content (AvgIpc) is 3.03. The zero-order valence-corrected chi connectivity index (χ0v) is 18.8. The van der Waals surface area contributed by atoms with Crippen molar-refractivity contribution in [3.8, 4) is 0 Å². The standard InChI is InChI=1S/C21H25ClN4O4S/c1-15-6-7-17(13-19(15)31(29,30)26-10-4-2-3-5-11-26)25-20(27)14-24-21(28)18-12-16(22)8-9-23-18/h6-9,12-13H,2-5,10-11,14H2,1H3,(H,24,28)(H,25,27). The molecule has 1 aliphatic heterocycles. The molecule has 166 valence electrons. The van der Waals surface area contributed by atoms with Crippen LogP contribution in [0.4, 0.5) is 5.69 Å². The summed E-state index contributed by atoms with van der Waals surface area (Å²) in [6.07, 6.45) is 5.14. The number of pyridine rings is 1. The number of carbonyl (C=O) groups is 2. The molecule has 2 amide bonds. The van der Waals surface area contributed by atoms with Crippen molar-refractivity contribution >= 4 is 39.1 Å². The maximum atomic E-state index is 13.1. The lowest BCUT2D eigenvalue weighted by molar-refractivity contribution is -0.115. The molecule has 2 N–H and O–H groups in total. The van der Waals surface area contributed by atoms with Crippen molar-refractivity contribution in [1.82, 2.24) is 14.6 Å². The van der Waals surface area contributed by atoms with Crippen molar-refractivity contribution in [2.75, 3.05) is 25.0 Å². The fourth-order valence-electron chi connectivity index (χ4n) is 3.36. The maximum absolute atomic E-state index is 13.1. The first kappa shape index (κ1) is 23.2. The SMILES string of the molecule is Cc1ccc(NC(=O)CNC(=O)c2cc(Cl)ccn2)cc1S(=O)(=O)N1CCCCCC1. The van der Waals surface area contributed by atoms with Gasteiger partial charge >= 0.3 is 0 Å². The summed E-state index contributed by atoms with van der Waals surface area (Å²) in [4.78, 5) is 28.4. The molecule has 0 bridgehead atoms. The van der Waals surface area contributed by atoms with E-state index < -0.39 is 21.8 Å². The quantitative estimate of drug-likeness (QED) is 0.683. The van der Waals surface area contributed by atoms with Crippen molar-refractivity contribution in [2.45, 2.75) is 37.5 Å². The molecule has 10 heteroatoms. The summed E-state index contributed by atoms with van der Waals surface area (Å²) < 4.78 is 27.8. The number of anilines is 1. The first-order valence-corrected chi connectivity index (χ1v) is 11.9. The van der Waals surface area contributed by atoms with E-state index in [0.29, 0.717) is 29.4 Å². The Balaban J connectivity index is 1.67. The van der Waals surface area contributed by atoms with Gasteiger partial charge in [-0.25, -0.2) is 8.42 Å². The van der Waals surface area contributed by atoms with E-state index in [2.05, 4.69) is 15.6 Å². The summed E-state index contributed by atoms with van der Waals surface area (Å²) in [6, 6.07) is 7.70.